The van der Waals surface area contributed by atoms with Crippen LogP contribution in [-0.2, 0) is 9.59 Å². The lowest BCUT2D eigenvalue weighted by atomic mass is 9.90. The number of rotatable bonds is 5. The zero-order chi connectivity index (χ0) is 12.1. The molecule has 0 aliphatic carbocycles. The zero-order valence-electron chi connectivity index (χ0n) is 10.2. The van der Waals surface area contributed by atoms with Gasteiger partial charge >= 0.3 is 0 Å². The van der Waals surface area contributed by atoms with Crippen molar-refractivity contribution in [2.24, 2.45) is 11.1 Å². The van der Waals surface area contributed by atoms with Crippen LogP contribution in [0.25, 0.3) is 0 Å². The quantitative estimate of drug-likeness (QED) is 0.621. The zero-order valence-corrected chi connectivity index (χ0v) is 10.2. The summed E-state index contributed by atoms with van der Waals surface area (Å²) in [6.07, 6.45) is 0.414. The first-order chi connectivity index (χ1) is 6.82. The van der Waals surface area contributed by atoms with Crippen molar-refractivity contribution >= 4 is 19.5 Å². The summed E-state index contributed by atoms with van der Waals surface area (Å²) >= 11 is 0. The Kier molecular flexibility index (Phi) is 5.58. The van der Waals surface area contributed by atoms with E-state index in [1.165, 1.54) is 4.90 Å². The molecule has 1 amide bonds. The van der Waals surface area contributed by atoms with Crippen molar-refractivity contribution in [1.82, 2.24) is 4.90 Å². The van der Waals surface area contributed by atoms with Crippen LogP contribution >= 0.6 is 0 Å². The molecule has 2 N–H and O–H groups in total. The Morgan fingerprint density at radius 1 is 1.33 bits per heavy atom. The van der Waals surface area contributed by atoms with Gasteiger partial charge in [-0.1, -0.05) is 20.8 Å². The van der Waals surface area contributed by atoms with E-state index < -0.39 is 5.41 Å². The molecule has 0 fully saturated rings. The fraction of sp³-hybridized carbons (Fsp3) is 0.800. The standard InChI is InChI=1S/C10H21BN2O2/c1-10(2,3)8(14)7-13(5-4-12)9(15)6-11/h4-7,11-12H2,1-3H3. The van der Waals surface area contributed by atoms with Crippen LogP contribution in [-0.4, -0.2) is 44.1 Å². The number of Topliss-reactive ketones (excluding diaryl/α,β-unsaturated/α-hetero) is 1. The van der Waals surface area contributed by atoms with Gasteiger partial charge in [0.1, 0.15) is 7.85 Å². The highest BCUT2D eigenvalue weighted by molar-refractivity contribution is 6.19. The number of hydrogen-bond acceptors (Lipinski definition) is 3. The molecule has 0 unspecified atom stereocenters. The molecule has 0 radical (unpaired) electrons. The normalized spacial score (nSPS) is 11.2. The van der Waals surface area contributed by atoms with Crippen LogP contribution < -0.4 is 5.73 Å². The third kappa shape index (κ3) is 4.97. The number of carbonyl (C=O) groups excluding carboxylic acids is 2. The minimum absolute atomic E-state index is 0.0157. The second-order valence-corrected chi connectivity index (χ2v) is 4.63. The summed E-state index contributed by atoms with van der Waals surface area (Å²) in [7, 11) is 1.79. The van der Waals surface area contributed by atoms with Crippen molar-refractivity contribution in [3.63, 3.8) is 0 Å². The second-order valence-electron chi connectivity index (χ2n) is 4.63. The SMILES string of the molecule is BCC(=O)N(CCN)CC(=O)C(C)(C)C. The number of carbonyl (C=O) groups is 2. The van der Waals surface area contributed by atoms with E-state index in [9.17, 15) is 9.59 Å². The van der Waals surface area contributed by atoms with Crippen LogP contribution in [0.1, 0.15) is 20.8 Å². The van der Waals surface area contributed by atoms with E-state index in [0.29, 0.717) is 19.4 Å². The Labute approximate surface area is 92.6 Å². The van der Waals surface area contributed by atoms with E-state index in [1.54, 1.807) is 7.85 Å². The fourth-order valence-electron chi connectivity index (χ4n) is 1.08. The summed E-state index contributed by atoms with van der Waals surface area (Å²) in [6.45, 7) is 6.58. The van der Waals surface area contributed by atoms with Gasteiger partial charge in [0, 0.05) is 18.5 Å². The first-order valence-electron chi connectivity index (χ1n) is 5.34. The van der Waals surface area contributed by atoms with Crippen molar-refractivity contribution in [2.45, 2.75) is 27.1 Å². The van der Waals surface area contributed by atoms with Gasteiger partial charge in [-0.3, -0.25) is 9.59 Å². The molecule has 0 atom stereocenters. The van der Waals surface area contributed by atoms with Gasteiger partial charge in [-0.2, -0.15) is 0 Å². The van der Waals surface area contributed by atoms with E-state index in [-0.39, 0.29) is 18.2 Å². The average molecular weight is 212 g/mol. The molecule has 15 heavy (non-hydrogen) atoms. The van der Waals surface area contributed by atoms with E-state index in [2.05, 4.69) is 0 Å². The molecule has 0 saturated heterocycles. The van der Waals surface area contributed by atoms with Crippen molar-refractivity contribution < 1.29 is 9.59 Å². The third-order valence-corrected chi connectivity index (χ3v) is 2.23. The first-order valence-corrected chi connectivity index (χ1v) is 5.34. The van der Waals surface area contributed by atoms with Gasteiger partial charge in [0.05, 0.1) is 6.54 Å². The molecule has 0 spiro atoms. The Bertz CT molecular complexity index is 236. The highest BCUT2D eigenvalue weighted by Gasteiger charge is 2.24. The van der Waals surface area contributed by atoms with Gasteiger partial charge in [0.2, 0.25) is 5.91 Å². The first kappa shape index (κ1) is 14.2. The molecule has 0 saturated carbocycles. The Hall–Kier alpha value is -0.835. The molecule has 86 valence electrons. The highest BCUT2D eigenvalue weighted by atomic mass is 16.2. The minimum atomic E-state index is -0.402. The summed E-state index contributed by atoms with van der Waals surface area (Å²) < 4.78 is 0. The summed E-state index contributed by atoms with van der Waals surface area (Å²) in [5.74, 6) is 0.0517. The molecule has 0 bridgehead atoms. The summed E-state index contributed by atoms with van der Waals surface area (Å²) in [5, 5.41) is 0. The number of nitrogens with two attached hydrogens (primary N) is 1. The second kappa shape index (κ2) is 5.90. The smallest absolute Gasteiger partial charge is 0.215 e. The lowest BCUT2D eigenvalue weighted by Crippen LogP contribution is -2.42. The highest BCUT2D eigenvalue weighted by Crippen LogP contribution is 2.15. The molecular formula is C10H21BN2O2. The third-order valence-electron chi connectivity index (χ3n) is 2.23. The number of amides is 1. The lowest BCUT2D eigenvalue weighted by molar-refractivity contribution is -0.136. The van der Waals surface area contributed by atoms with Crippen molar-refractivity contribution in [3.05, 3.63) is 0 Å². The summed E-state index contributed by atoms with van der Waals surface area (Å²) in [6, 6.07) is 0. The molecule has 0 rings (SSSR count). The van der Waals surface area contributed by atoms with E-state index in [0.717, 1.165) is 0 Å². The van der Waals surface area contributed by atoms with Crippen LogP contribution in [0, 0.1) is 5.41 Å². The lowest BCUT2D eigenvalue weighted by Gasteiger charge is -2.25. The largest absolute Gasteiger partial charge is 0.335 e. The van der Waals surface area contributed by atoms with E-state index in [4.69, 9.17) is 5.73 Å². The predicted molar refractivity (Wildman–Crippen MR) is 63.4 cm³/mol. The Balaban J connectivity index is 4.42. The van der Waals surface area contributed by atoms with Gasteiger partial charge in [-0.25, -0.2) is 0 Å². The number of ketones is 1. The topological polar surface area (TPSA) is 63.4 Å². The molecule has 4 nitrogen and oxygen atoms in total. The van der Waals surface area contributed by atoms with Gasteiger partial charge in [0.15, 0.2) is 5.78 Å². The van der Waals surface area contributed by atoms with Crippen LogP contribution in [0.2, 0.25) is 6.32 Å². The average Bonchev–Trinajstić information content (AvgIpc) is 2.14. The molecule has 0 heterocycles. The molecule has 0 aliphatic heterocycles. The summed E-state index contributed by atoms with van der Waals surface area (Å²) in [4.78, 5) is 24.8. The maximum Gasteiger partial charge on any atom is 0.215 e. The Morgan fingerprint density at radius 3 is 2.20 bits per heavy atom. The predicted octanol–water partition coefficient (Wildman–Crippen LogP) is -0.560. The van der Waals surface area contributed by atoms with Crippen molar-refractivity contribution in [3.8, 4) is 0 Å². The monoisotopic (exact) mass is 212 g/mol. The van der Waals surface area contributed by atoms with Crippen LogP contribution in [0.5, 0.6) is 0 Å². The fourth-order valence-corrected chi connectivity index (χ4v) is 1.08. The van der Waals surface area contributed by atoms with Crippen LogP contribution in [0.15, 0.2) is 0 Å². The van der Waals surface area contributed by atoms with Crippen LogP contribution in [0.4, 0.5) is 0 Å². The Morgan fingerprint density at radius 2 is 1.87 bits per heavy atom. The summed E-state index contributed by atoms with van der Waals surface area (Å²) in [5.41, 5.74) is 5.00. The molecule has 0 aromatic rings. The van der Waals surface area contributed by atoms with Gasteiger partial charge < -0.3 is 10.6 Å². The van der Waals surface area contributed by atoms with Gasteiger partial charge in [0.25, 0.3) is 0 Å². The van der Waals surface area contributed by atoms with Crippen molar-refractivity contribution in [2.75, 3.05) is 19.6 Å². The van der Waals surface area contributed by atoms with Gasteiger partial charge in [-0.05, 0) is 6.32 Å². The maximum atomic E-state index is 11.7. The van der Waals surface area contributed by atoms with E-state index in [1.807, 2.05) is 20.8 Å². The van der Waals surface area contributed by atoms with Gasteiger partial charge in [-0.15, -0.1) is 0 Å². The van der Waals surface area contributed by atoms with E-state index >= 15 is 0 Å². The van der Waals surface area contributed by atoms with Crippen molar-refractivity contribution in [1.29, 1.82) is 0 Å². The number of hydrogen-bond donors (Lipinski definition) is 1. The van der Waals surface area contributed by atoms with Crippen LogP contribution in [0.3, 0.4) is 0 Å². The molecule has 0 aromatic carbocycles. The molecule has 0 aliphatic rings. The molecule has 0 aromatic heterocycles. The molecule has 5 heteroatoms. The number of nitrogens with zero attached hydrogens (tertiary/aromatic N) is 1. The maximum absolute atomic E-state index is 11.7. The molecular weight excluding hydrogens is 191 g/mol. The minimum Gasteiger partial charge on any atom is -0.335 e.